The van der Waals surface area contributed by atoms with Crippen molar-refractivity contribution in [2.24, 2.45) is 0 Å². The summed E-state index contributed by atoms with van der Waals surface area (Å²) in [5, 5.41) is 9.76. The van der Waals surface area contributed by atoms with Crippen LogP contribution in [0, 0.1) is 13.8 Å². The molecular formula is C12H12N4O3S. The molecule has 0 unspecified atom stereocenters. The predicted molar refractivity (Wildman–Crippen MR) is 74.1 cm³/mol. The fourth-order valence-electron chi connectivity index (χ4n) is 1.70. The van der Waals surface area contributed by atoms with Crippen molar-refractivity contribution in [1.82, 2.24) is 15.0 Å². The molecule has 104 valence electrons. The molecule has 0 spiro atoms. The highest BCUT2D eigenvalue weighted by Gasteiger charge is 2.18. The number of carbonyl (C=O) groups is 1. The van der Waals surface area contributed by atoms with Crippen LogP contribution >= 0.6 is 11.8 Å². The Balaban J connectivity index is 2.56. The maximum atomic E-state index is 11.4. The van der Waals surface area contributed by atoms with Crippen molar-refractivity contribution in [3.8, 4) is 0 Å². The topological polar surface area (TPSA) is 122 Å². The summed E-state index contributed by atoms with van der Waals surface area (Å²) >= 11 is 0.964. The number of H-pyrrole nitrogens is 1. The number of nitrogens with zero attached hydrogens (tertiary/aromatic N) is 2. The summed E-state index contributed by atoms with van der Waals surface area (Å²) in [6.07, 6.45) is 1.21. The SMILES string of the molecule is Cc1cc(C)c(C(=O)O)c(Sc2nc[nH]c(=O)c2N)n1. The molecule has 8 heteroatoms. The summed E-state index contributed by atoms with van der Waals surface area (Å²) in [6.45, 7) is 3.45. The molecule has 0 aromatic carbocycles. The lowest BCUT2D eigenvalue weighted by atomic mass is 10.1. The Hall–Kier alpha value is -2.35. The molecule has 0 fully saturated rings. The number of nitrogens with two attached hydrogens (primary N) is 1. The lowest BCUT2D eigenvalue weighted by Gasteiger charge is -2.09. The van der Waals surface area contributed by atoms with Crippen molar-refractivity contribution in [2.75, 3.05) is 5.73 Å². The van der Waals surface area contributed by atoms with Gasteiger partial charge in [0.1, 0.15) is 15.7 Å². The Kier molecular flexibility index (Phi) is 3.75. The number of nitrogen functional groups attached to an aromatic ring is 1. The zero-order chi connectivity index (χ0) is 14.9. The van der Waals surface area contributed by atoms with E-state index >= 15 is 0 Å². The highest BCUT2D eigenvalue weighted by atomic mass is 32.2. The first-order valence-electron chi connectivity index (χ1n) is 5.62. The zero-order valence-corrected chi connectivity index (χ0v) is 11.6. The molecule has 7 nitrogen and oxygen atoms in total. The van der Waals surface area contributed by atoms with Gasteiger partial charge in [0.15, 0.2) is 0 Å². The molecule has 0 atom stereocenters. The Morgan fingerprint density at radius 1 is 1.40 bits per heavy atom. The molecule has 20 heavy (non-hydrogen) atoms. The number of aromatic carboxylic acids is 1. The largest absolute Gasteiger partial charge is 0.478 e. The number of carboxylic acid groups (broad SMARTS) is 1. The highest BCUT2D eigenvalue weighted by molar-refractivity contribution is 7.99. The minimum atomic E-state index is -1.08. The molecule has 2 rings (SSSR count). The van der Waals surface area contributed by atoms with Crippen LogP contribution in [0.2, 0.25) is 0 Å². The van der Waals surface area contributed by atoms with Crippen LogP contribution in [0.3, 0.4) is 0 Å². The van der Waals surface area contributed by atoms with Gasteiger partial charge in [-0.3, -0.25) is 4.79 Å². The fraction of sp³-hybridized carbons (Fsp3) is 0.167. The van der Waals surface area contributed by atoms with Crippen molar-refractivity contribution in [3.63, 3.8) is 0 Å². The maximum absolute atomic E-state index is 11.4. The van der Waals surface area contributed by atoms with E-state index in [4.69, 9.17) is 5.73 Å². The van der Waals surface area contributed by atoms with E-state index < -0.39 is 11.5 Å². The molecule has 0 saturated carbocycles. The van der Waals surface area contributed by atoms with Gasteiger partial charge < -0.3 is 15.8 Å². The second kappa shape index (κ2) is 5.33. The monoisotopic (exact) mass is 292 g/mol. The molecule has 2 heterocycles. The first-order valence-corrected chi connectivity index (χ1v) is 6.44. The zero-order valence-electron chi connectivity index (χ0n) is 10.8. The normalized spacial score (nSPS) is 10.5. The van der Waals surface area contributed by atoms with Gasteiger partial charge in [0.05, 0.1) is 11.9 Å². The second-order valence-corrected chi connectivity index (χ2v) is 5.10. The Bertz CT molecular complexity index is 742. The van der Waals surface area contributed by atoms with Crippen LogP contribution in [-0.2, 0) is 0 Å². The number of aryl methyl sites for hydroxylation is 2. The Morgan fingerprint density at radius 3 is 2.75 bits per heavy atom. The molecular weight excluding hydrogens is 280 g/mol. The average molecular weight is 292 g/mol. The lowest BCUT2D eigenvalue weighted by Crippen LogP contribution is -2.13. The quantitative estimate of drug-likeness (QED) is 0.727. The molecule has 0 saturated heterocycles. The average Bonchev–Trinajstić information content (AvgIpc) is 2.33. The lowest BCUT2D eigenvalue weighted by molar-refractivity contribution is 0.0691. The number of hydrogen-bond donors (Lipinski definition) is 3. The summed E-state index contributed by atoms with van der Waals surface area (Å²) in [6, 6.07) is 1.68. The van der Waals surface area contributed by atoms with E-state index in [2.05, 4.69) is 15.0 Å². The third-order valence-electron chi connectivity index (χ3n) is 2.57. The van der Waals surface area contributed by atoms with E-state index in [1.807, 2.05) is 0 Å². The number of aromatic nitrogens is 3. The molecule has 0 bridgehead atoms. The van der Waals surface area contributed by atoms with Gasteiger partial charge in [-0.05, 0) is 37.2 Å². The minimum Gasteiger partial charge on any atom is -0.478 e. The number of hydrogen-bond acceptors (Lipinski definition) is 6. The predicted octanol–water partition coefficient (Wildman–Crippen LogP) is 1.21. The second-order valence-electron chi connectivity index (χ2n) is 4.12. The van der Waals surface area contributed by atoms with Crippen molar-refractivity contribution in [2.45, 2.75) is 23.9 Å². The summed E-state index contributed by atoms with van der Waals surface area (Å²) < 4.78 is 0. The van der Waals surface area contributed by atoms with Gasteiger partial charge >= 0.3 is 5.97 Å². The van der Waals surface area contributed by atoms with E-state index in [1.165, 1.54) is 6.33 Å². The van der Waals surface area contributed by atoms with Gasteiger partial charge in [-0.25, -0.2) is 14.8 Å². The van der Waals surface area contributed by atoms with Gasteiger partial charge in [-0.15, -0.1) is 0 Å². The number of carboxylic acids is 1. The van der Waals surface area contributed by atoms with Crippen molar-refractivity contribution >= 4 is 23.4 Å². The molecule has 0 amide bonds. The van der Waals surface area contributed by atoms with Crippen LogP contribution in [-0.4, -0.2) is 26.0 Å². The van der Waals surface area contributed by atoms with Crippen LogP contribution in [0.4, 0.5) is 5.69 Å². The fourth-order valence-corrected chi connectivity index (χ4v) is 2.73. The number of pyridine rings is 1. The van der Waals surface area contributed by atoms with E-state index in [0.717, 1.165) is 11.8 Å². The van der Waals surface area contributed by atoms with Gasteiger partial charge in [0.2, 0.25) is 0 Å². The van der Waals surface area contributed by atoms with Gasteiger partial charge in [-0.2, -0.15) is 0 Å². The van der Waals surface area contributed by atoms with Crippen LogP contribution in [0.1, 0.15) is 21.6 Å². The van der Waals surface area contributed by atoms with Crippen molar-refractivity contribution in [3.05, 3.63) is 39.6 Å². The van der Waals surface area contributed by atoms with E-state index in [0.29, 0.717) is 11.3 Å². The molecule has 0 aliphatic rings. The van der Waals surface area contributed by atoms with Crippen LogP contribution in [0.5, 0.6) is 0 Å². The van der Waals surface area contributed by atoms with Crippen molar-refractivity contribution in [1.29, 1.82) is 0 Å². The molecule has 0 radical (unpaired) electrons. The number of rotatable bonds is 3. The first-order chi connectivity index (χ1) is 9.40. The third kappa shape index (κ3) is 2.64. The van der Waals surface area contributed by atoms with Gasteiger partial charge in [0.25, 0.3) is 5.56 Å². The molecule has 0 aliphatic carbocycles. The summed E-state index contributed by atoms with van der Waals surface area (Å²) in [4.78, 5) is 33.2. The Labute approximate surface area is 118 Å². The number of nitrogens with one attached hydrogen (secondary N) is 1. The highest BCUT2D eigenvalue weighted by Crippen LogP contribution is 2.31. The molecule has 4 N–H and O–H groups in total. The summed E-state index contributed by atoms with van der Waals surface area (Å²) in [5.41, 5.74) is 6.46. The van der Waals surface area contributed by atoms with E-state index in [9.17, 15) is 14.7 Å². The number of aromatic amines is 1. The first kappa shape index (κ1) is 14.1. The van der Waals surface area contributed by atoms with Gasteiger partial charge in [-0.1, -0.05) is 0 Å². The number of anilines is 1. The van der Waals surface area contributed by atoms with Crippen LogP contribution in [0.25, 0.3) is 0 Å². The van der Waals surface area contributed by atoms with Gasteiger partial charge in [0, 0.05) is 5.69 Å². The maximum Gasteiger partial charge on any atom is 0.338 e. The Morgan fingerprint density at radius 2 is 2.10 bits per heavy atom. The smallest absolute Gasteiger partial charge is 0.338 e. The third-order valence-corrected chi connectivity index (χ3v) is 3.58. The molecule has 0 aliphatic heterocycles. The molecule has 2 aromatic rings. The summed E-state index contributed by atoms with van der Waals surface area (Å²) in [5.74, 6) is -1.08. The van der Waals surface area contributed by atoms with Crippen LogP contribution in [0.15, 0.2) is 27.2 Å². The van der Waals surface area contributed by atoms with E-state index in [1.54, 1.807) is 19.9 Å². The summed E-state index contributed by atoms with van der Waals surface area (Å²) in [7, 11) is 0. The molecule has 2 aromatic heterocycles. The van der Waals surface area contributed by atoms with E-state index in [-0.39, 0.29) is 21.3 Å². The standard InChI is InChI=1S/C12H12N4O3S/c1-5-3-6(2)16-10(7(5)12(18)19)20-11-8(13)9(17)14-4-15-11/h3-4H,13H2,1-2H3,(H,18,19)(H,14,15,17). The van der Waals surface area contributed by atoms with Crippen molar-refractivity contribution < 1.29 is 9.90 Å². The minimum absolute atomic E-state index is 0.0604. The van der Waals surface area contributed by atoms with Crippen LogP contribution < -0.4 is 11.3 Å².